The van der Waals surface area contributed by atoms with E-state index in [0.717, 1.165) is 0 Å². The van der Waals surface area contributed by atoms with Gasteiger partial charge in [0.05, 0.1) is 0 Å². The molecule has 8 heteroatoms. The van der Waals surface area contributed by atoms with Crippen LogP contribution in [0.4, 0.5) is 17.6 Å². The fourth-order valence-corrected chi connectivity index (χ4v) is 5.31. The first kappa shape index (κ1) is 23.3. The highest BCUT2D eigenvalue weighted by Gasteiger charge is 2.51. The molecule has 4 rings (SSSR count). The van der Waals surface area contributed by atoms with Gasteiger partial charge in [-0.2, -0.15) is 13.2 Å². The number of carbonyl (C=O) groups excluding carboxylic acids is 2. The van der Waals surface area contributed by atoms with Crippen molar-refractivity contribution in [2.24, 2.45) is 5.41 Å². The molecule has 0 radical (unpaired) electrons. The lowest BCUT2D eigenvalue weighted by atomic mass is 9.62. The summed E-state index contributed by atoms with van der Waals surface area (Å²) in [4.78, 5) is 26.5. The number of carbonyl (C=O) groups is 2. The summed E-state index contributed by atoms with van der Waals surface area (Å²) in [6.07, 6.45) is -3.88. The number of nitrogens with zero attached hydrogens (tertiary/aromatic N) is 1. The predicted octanol–water partition coefficient (Wildman–Crippen LogP) is 4.69. The Morgan fingerprint density at radius 3 is 2.39 bits per heavy atom. The maximum atomic E-state index is 14.9. The summed E-state index contributed by atoms with van der Waals surface area (Å²) in [6, 6.07) is 12.3. The average molecular weight is 462 g/mol. The number of aryl methyl sites for hydroxylation is 1. The number of amides is 2. The number of nitrogens with one attached hydrogen (secondary N) is 1. The van der Waals surface area contributed by atoms with Crippen LogP contribution in [0.2, 0.25) is 0 Å². The molecule has 2 aromatic carbocycles. The number of alkyl halides is 3. The van der Waals surface area contributed by atoms with Gasteiger partial charge in [-0.1, -0.05) is 48.5 Å². The molecule has 176 valence electrons. The molecule has 2 unspecified atom stereocenters. The highest BCUT2D eigenvalue weighted by atomic mass is 19.4. The molecule has 0 aliphatic carbocycles. The third-order valence-corrected chi connectivity index (χ3v) is 7.13. The minimum atomic E-state index is -4.72. The van der Waals surface area contributed by atoms with E-state index >= 15 is 0 Å². The van der Waals surface area contributed by atoms with Gasteiger partial charge in [-0.25, -0.2) is 4.39 Å². The Morgan fingerprint density at radius 2 is 1.76 bits per heavy atom. The van der Waals surface area contributed by atoms with Crippen molar-refractivity contribution in [1.29, 1.82) is 0 Å². The normalized spacial score (nSPS) is 21.5. The molecule has 0 saturated carbocycles. The van der Waals surface area contributed by atoms with E-state index in [1.807, 2.05) is 0 Å². The molecule has 0 aromatic heterocycles. The van der Waals surface area contributed by atoms with Gasteiger partial charge in [-0.05, 0) is 41.9 Å². The smallest absolute Gasteiger partial charge is 0.355 e. The number of hydrogen-bond acceptors (Lipinski definition) is 2. The highest BCUT2D eigenvalue weighted by molar-refractivity contribution is 5.85. The molecule has 33 heavy (non-hydrogen) atoms. The number of rotatable bonds is 3. The second kappa shape index (κ2) is 8.80. The van der Waals surface area contributed by atoms with Gasteiger partial charge in [0.25, 0.3) is 0 Å². The molecule has 1 spiro atoms. The molecule has 2 atom stereocenters. The number of likely N-dealkylation sites (tertiary alicyclic amines) is 1. The second-order valence-electron chi connectivity index (χ2n) is 9.08. The van der Waals surface area contributed by atoms with Gasteiger partial charge >= 0.3 is 6.18 Å². The summed E-state index contributed by atoms with van der Waals surface area (Å²) < 4.78 is 56.5. The van der Waals surface area contributed by atoms with Crippen molar-refractivity contribution in [2.45, 2.75) is 44.2 Å². The lowest BCUT2D eigenvalue weighted by Crippen LogP contribution is -2.54. The van der Waals surface area contributed by atoms with E-state index < -0.39 is 23.4 Å². The monoisotopic (exact) mass is 462 g/mol. The molecule has 2 amide bonds. The Balaban J connectivity index is 1.58. The number of piperidine rings is 2. The maximum absolute atomic E-state index is 14.9. The topological polar surface area (TPSA) is 49.4 Å². The van der Waals surface area contributed by atoms with Gasteiger partial charge in [0, 0.05) is 32.0 Å². The van der Waals surface area contributed by atoms with Crippen molar-refractivity contribution in [3.8, 4) is 0 Å². The zero-order valence-corrected chi connectivity index (χ0v) is 18.3. The highest BCUT2D eigenvalue weighted by Crippen LogP contribution is 2.50. The molecule has 2 aromatic rings. The Bertz CT molecular complexity index is 1030. The zero-order chi connectivity index (χ0) is 23.8. The Morgan fingerprint density at radius 1 is 1.09 bits per heavy atom. The van der Waals surface area contributed by atoms with Crippen LogP contribution in [0, 0.1) is 18.2 Å². The van der Waals surface area contributed by atoms with Crippen LogP contribution in [0.15, 0.2) is 48.5 Å². The van der Waals surface area contributed by atoms with E-state index in [2.05, 4.69) is 5.32 Å². The quantitative estimate of drug-likeness (QED) is 0.673. The third kappa shape index (κ3) is 4.48. The van der Waals surface area contributed by atoms with Crippen LogP contribution in [0.1, 0.15) is 47.8 Å². The molecule has 0 bridgehead atoms. The fourth-order valence-electron chi connectivity index (χ4n) is 5.31. The lowest BCUT2D eigenvalue weighted by molar-refractivity contribution is -0.173. The van der Waals surface area contributed by atoms with Gasteiger partial charge in [0.15, 0.2) is 5.92 Å². The minimum absolute atomic E-state index is 0.0907. The molecular formula is C25H26F4N2O2. The molecule has 2 fully saturated rings. The molecular weight excluding hydrogens is 436 g/mol. The van der Waals surface area contributed by atoms with Crippen LogP contribution >= 0.6 is 0 Å². The van der Waals surface area contributed by atoms with Crippen LogP contribution < -0.4 is 5.32 Å². The third-order valence-electron chi connectivity index (χ3n) is 7.13. The standard InChI is InChI=1S/C25H26F4N2O2/c1-16-6-5-9-18(22(16)26)19-15-30-20(32)14-24(19)10-12-31(13-11-24)23(33)21(25(27,28)29)17-7-3-2-4-8-17/h2-9,19,21H,10-15H2,1H3,(H,30,32). The lowest BCUT2D eigenvalue weighted by Gasteiger charge is -2.49. The van der Waals surface area contributed by atoms with E-state index in [9.17, 15) is 27.2 Å². The largest absolute Gasteiger partial charge is 0.404 e. The summed E-state index contributed by atoms with van der Waals surface area (Å²) in [5.41, 5.74) is 0.316. The Labute approximate surface area is 190 Å². The first-order chi connectivity index (χ1) is 15.6. The minimum Gasteiger partial charge on any atom is -0.355 e. The van der Waals surface area contributed by atoms with Crippen molar-refractivity contribution >= 4 is 11.8 Å². The Hall–Kier alpha value is -2.90. The van der Waals surface area contributed by atoms with Crippen molar-refractivity contribution < 1.29 is 27.2 Å². The van der Waals surface area contributed by atoms with Crippen LogP contribution in [0.5, 0.6) is 0 Å². The van der Waals surface area contributed by atoms with Gasteiger partial charge in [0.2, 0.25) is 11.8 Å². The van der Waals surface area contributed by atoms with Crippen molar-refractivity contribution in [3.05, 3.63) is 71.0 Å². The van der Waals surface area contributed by atoms with Crippen LogP contribution in [0.3, 0.4) is 0 Å². The first-order valence-electron chi connectivity index (χ1n) is 11.0. The number of hydrogen-bond donors (Lipinski definition) is 1. The van der Waals surface area contributed by atoms with Crippen molar-refractivity contribution in [2.75, 3.05) is 19.6 Å². The zero-order valence-electron chi connectivity index (χ0n) is 18.3. The van der Waals surface area contributed by atoms with E-state index in [-0.39, 0.29) is 49.3 Å². The van der Waals surface area contributed by atoms with E-state index in [1.54, 1.807) is 31.2 Å². The van der Waals surface area contributed by atoms with Gasteiger partial charge in [0.1, 0.15) is 5.82 Å². The van der Waals surface area contributed by atoms with E-state index in [4.69, 9.17) is 0 Å². The molecule has 1 N–H and O–H groups in total. The first-order valence-corrected chi connectivity index (χ1v) is 11.0. The second-order valence-corrected chi connectivity index (χ2v) is 9.08. The van der Waals surface area contributed by atoms with E-state index in [0.29, 0.717) is 24.0 Å². The molecule has 4 nitrogen and oxygen atoms in total. The SMILES string of the molecule is Cc1cccc(C2CNC(=O)CC23CCN(C(=O)C(c2ccccc2)C(F)(F)F)CC3)c1F. The van der Waals surface area contributed by atoms with Gasteiger partial charge < -0.3 is 10.2 Å². The molecule has 2 heterocycles. The van der Waals surface area contributed by atoms with Crippen molar-refractivity contribution in [1.82, 2.24) is 10.2 Å². The molecule has 2 aliphatic rings. The molecule has 2 saturated heterocycles. The Kier molecular flexibility index (Phi) is 6.20. The van der Waals surface area contributed by atoms with Crippen molar-refractivity contribution in [3.63, 3.8) is 0 Å². The summed E-state index contributed by atoms with van der Waals surface area (Å²) in [5.74, 6) is -4.00. The van der Waals surface area contributed by atoms with Gasteiger partial charge in [-0.15, -0.1) is 0 Å². The number of benzene rings is 2. The summed E-state index contributed by atoms with van der Waals surface area (Å²) in [7, 11) is 0. The van der Waals surface area contributed by atoms with Crippen LogP contribution in [0.25, 0.3) is 0 Å². The predicted molar refractivity (Wildman–Crippen MR) is 115 cm³/mol. The summed E-state index contributed by atoms with van der Waals surface area (Å²) in [5, 5.41) is 2.81. The van der Waals surface area contributed by atoms with Crippen LogP contribution in [-0.4, -0.2) is 42.5 Å². The van der Waals surface area contributed by atoms with Gasteiger partial charge in [-0.3, -0.25) is 9.59 Å². The van der Waals surface area contributed by atoms with E-state index in [1.165, 1.54) is 29.2 Å². The summed E-state index contributed by atoms with van der Waals surface area (Å²) in [6.45, 7) is 2.13. The molecule has 2 aliphatic heterocycles. The summed E-state index contributed by atoms with van der Waals surface area (Å²) >= 11 is 0. The average Bonchev–Trinajstić information content (AvgIpc) is 2.76. The van der Waals surface area contributed by atoms with Crippen LogP contribution in [-0.2, 0) is 9.59 Å². The number of halogens is 4. The fraction of sp³-hybridized carbons (Fsp3) is 0.440. The maximum Gasteiger partial charge on any atom is 0.404 e.